The van der Waals surface area contributed by atoms with Crippen LogP contribution < -0.4 is 4.72 Å². The molecule has 32 heavy (non-hydrogen) atoms. The zero-order valence-electron chi connectivity index (χ0n) is 18.0. The van der Waals surface area contributed by atoms with E-state index in [0.717, 1.165) is 31.2 Å². The van der Waals surface area contributed by atoms with Gasteiger partial charge in [0.25, 0.3) is 0 Å². The molecule has 1 heterocycles. The van der Waals surface area contributed by atoms with Gasteiger partial charge in [0.1, 0.15) is 0 Å². The Morgan fingerprint density at radius 2 is 1.56 bits per heavy atom. The summed E-state index contributed by atoms with van der Waals surface area (Å²) in [6, 6.07) is 12.4. The Balaban J connectivity index is 1.46. The zero-order chi connectivity index (χ0) is 22.9. The summed E-state index contributed by atoms with van der Waals surface area (Å²) >= 11 is 5.89. The summed E-state index contributed by atoms with van der Waals surface area (Å²) in [7, 11) is -3.74. The number of carbonyl (C=O) groups excluding carboxylic acids is 2. The maximum atomic E-state index is 12.9. The molecule has 0 spiro atoms. The fourth-order valence-electron chi connectivity index (χ4n) is 4.66. The van der Waals surface area contributed by atoms with Crippen LogP contribution in [0.4, 0.5) is 0 Å². The number of benzene rings is 2. The van der Waals surface area contributed by atoms with Crippen molar-refractivity contribution >= 4 is 33.4 Å². The van der Waals surface area contributed by atoms with Crippen LogP contribution in [0.3, 0.4) is 0 Å². The SMILES string of the molecule is Cc1ccc(CN2C(=O)C3CCCCC3C2=O)cc1S(=O)(=O)NCCc1ccc(Cl)cc1. The molecule has 2 fully saturated rings. The Kier molecular flexibility index (Phi) is 6.70. The minimum atomic E-state index is -3.74. The molecule has 0 bridgehead atoms. The second kappa shape index (κ2) is 9.33. The number of sulfonamides is 1. The van der Waals surface area contributed by atoms with Gasteiger partial charge in [-0.2, -0.15) is 0 Å². The number of aryl methyl sites for hydroxylation is 1. The van der Waals surface area contributed by atoms with Gasteiger partial charge in [-0.05, 0) is 61.1 Å². The number of rotatable bonds is 7. The summed E-state index contributed by atoms with van der Waals surface area (Å²) in [4.78, 5) is 27.0. The van der Waals surface area contributed by atoms with Gasteiger partial charge in [0, 0.05) is 11.6 Å². The van der Waals surface area contributed by atoms with Crippen LogP contribution in [0.1, 0.15) is 42.4 Å². The second-order valence-corrected chi connectivity index (χ2v) is 10.8. The molecule has 2 aromatic rings. The highest BCUT2D eigenvalue weighted by atomic mass is 35.5. The monoisotopic (exact) mass is 474 g/mol. The van der Waals surface area contributed by atoms with Crippen molar-refractivity contribution in [2.75, 3.05) is 6.54 Å². The van der Waals surface area contributed by atoms with Gasteiger partial charge in [-0.3, -0.25) is 14.5 Å². The number of imide groups is 1. The van der Waals surface area contributed by atoms with Gasteiger partial charge in [0.2, 0.25) is 21.8 Å². The molecule has 1 saturated heterocycles. The lowest BCUT2D eigenvalue weighted by atomic mass is 9.81. The van der Waals surface area contributed by atoms with Crippen LogP contribution in [-0.4, -0.2) is 31.7 Å². The Morgan fingerprint density at radius 3 is 2.19 bits per heavy atom. The largest absolute Gasteiger partial charge is 0.278 e. The number of halogens is 1. The fraction of sp³-hybridized carbons (Fsp3) is 0.417. The number of amides is 2. The summed E-state index contributed by atoms with van der Waals surface area (Å²) in [5.74, 6) is -0.657. The Hall–Kier alpha value is -2.22. The highest BCUT2D eigenvalue weighted by molar-refractivity contribution is 7.89. The highest BCUT2D eigenvalue weighted by Crippen LogP contribution is 2.38. The number of hydrogen-bond donors (Lipinski definition) is 1. The third kappa shape index (κ3) is 4.75. The molecule has 1 N–H and O–H groups in total. The highest BCUT2D eigenvalue weighted by Gasteiger charge is 2.47. The van der Waals surface area contributed by atoms with E-state index in [1.54, 1.807) is 37.3 Å². The van der Waals surface area contributed by atoms with Crippen LogP contribution in [0.25, 0.3) is 0 Å². The van der Waals surface area contributed by atoms with Crippen molar-refractivity contribution in [2.45, 2.75) is 50.5 Å². The number of likely N-dealkylation sites (tertiary alicyclic amines) is 1. The van der Waals surface area contributed by atoms with E-state index >= 15 is 0 Å². The van der Waals surface area contributed by atoms with Gasteiger partial charge >= 0.3 is 0 Å². The smallest absolute Gasteiger partial charge is 0.240 e. The van der Waals surface area contributed by atoms with Gasteiger partial charge in [-0.1, -0.05) is 48.7 Å². The number of nitrogens with zero attached hydrogens (tertiary/aromatic N) is 1. The first-order chi connectivity index (χ1) is 15.3. The molecule has 1 aliphatic heterocycles. The molecule has 0 radical (unpaired) electrons. The molecule has 2 amide bonds. The quantitative estimate of drug-likeness (QED) is 0.618. The minimum Gasteiger partial charge on any atom is -0.278 e. The molecule has 1 saturated carbocycles. The number of carbonyl (C=O) groups is 2. The lowest BCUT2D eigenvalue weighted by Gasteiger charge is -2.19. The molecule has 170 valence electrons. The summed E-state index contributed by atoms with van der Waals surface area (Å²) in [5, 5.41) is 0.635. The standard InChI is InChI=1S/C24H27ClN2O4S/c1-16-6-7-18(15-27-23(28)20-4-2-3-5-21(20)24(27)29)14-22(16)32(30,31)26-13-12-17-8-10-19(25)11-9-17/h6-11,14,20-21,26H,2-5,12-13,15H2,1H3. The van der Waals surface area contributed by atoms with E-state index in [2.05, 4.69) is 4.72 Å². The van der Waals surface area contributed by atoms with Gasteiger partial charge < -0.3 is 0 Å². The summed E-state index contributed by atoms with van der Waals surface area (Å²) in [5.41, 5.74) is 2.23. The molecular formula is C24H27ClN2O4S. The van der Waals surface area contributed by atoms with Gasteiger partial charge in [0.15, 0.2) is 0 Å². The second-order valence-electron chi connectivity index (χ2n) is 8.63. The van der Waals surface area contributed by atoms with Crippen molar-refractivity contribution < 1.29 is 18.0 Å². The maximum absolute atomic E-state index is 12.9. The predicted molar refractivity (Wildman–Crippen MR) is 123 cm³/mol. The third-order valence-electron chi connectivity index (χ3n) is 6.43. The predicted octanol–water partition coefficient (Wildman–Crippen LogP) is 3.84. The van der Waals surface area contributed by atoms with Crippen LogP contribution in [0, 0.1) is 18.8 Å². The number of hydrogen-bond acceptors (Lipinski definition) is 4. The molecule has 1 aliphatic carbocycles. The van der Waals surface area contributed by atoms with Crippen molar-refractivity contribution in [2.24, 2.45) is 11.8 Å². The third-order valence-corrected chi connectivity index (χ3v) is 8.29. The molecule has 2 atom stereocenters. The van der Waals surface area contributed by atoms with E-state index in [-0.39, 0.29) is 41.6 Å². The van der Waals surface area contributed by atoms with Crippen LogP contribution in [0.5, 0.6) is 0 Å². The molecule has 2 unspecified atom stereocenters. The fourth-order valence-corrected chi connectivity index (χ4v) is 6.11. The van der Waals surface area contributed by atoms with Gasteiger partial charge in [-0.15, -0.1) is 0 Å². The van der Waals surface area contributed by atoms with E-state index in [0.29, 0.717) is 22.6 Å². The van der Waals surface area contributed by atoms with Crippen molar-refractivity contribution in [1.82, 2.24) is 9.62 Å². The van der Waals surface area contributed by atoms with Crippen molar-refractivity contribution in [1.29, 1.82) is 0 Å². The Morgan fingerprint density at radius 1 is 0.969 bits per heavy atom. The molecule has 6 nitrogen and oxygen atoms in total. The van der Waals surface area contributed by atoms with Gasteiger partial charge in [-0.25, -0.2) is 13.1 Å². The first-order valence-electron chi connectivity index (χ1n) is 10.9. The summed E-state index contributed by atoms with van der Waals surface area (Å²) < 4.78 is 28.5. The van der Waals surface area contributed by atoms with Crippen LogP contribution in [-0.2, 0) is 32.6 Å². The molecule has 4 rings (SSSR count). The molecule has 2 aromatic carbocycles. The minimum absolute atomic E-state index is 0.109. The normalized spacial score (nSPS) is 21.1. The topological polar surface area (TPSA) is 83.6 Å². The number of fused-ring (bicyclic) bond motifs is 1. The summed E-state index contributed by atoms with van der Waals surface area (Å²) in [6.07, 6.45) is 4.01. The van der Waals surface area contributed by atoms with Crippen LogP contribution in [0.2, 0.25) is 5.02 Å². The van der Waals surface area contributed by atoms with E-state index in [9.17, 15) is 18.0 Å². The average molecular weight is 475 g/mol. The van der Waals surface area contributed by atoms with E-state index < -0.39 is 10.0 Å². The Labute approximate surface area is 194 Å². The Bertz CT molecular complexity index is 1110. The van der Waals surface area contributed by atoms with Crippen molar-refractivity contribution in [3.05, 3.63) is 64.2 Å². The maximum Gasteiger partial charge on any atom is 0.240 e. The number of nitrogens with one attached hydrogen (secondary N) is 1. The average Bonchev–Trinajstić information content (AvgIpc) is 3.01. The van der Waals surface area contributed by atoms with E-state index in [4.69, 9.17) is 11.6 Å². The summed E-state index contributed by atoms with van der Waals surface area (Å²) in [6.45, 7) is 2.09. The first-order valence-corrected chi connectivity index (χ1v) is 12.8. The molecule has 0 aromatic heterocycles. The lowest BCUT2D eigenvalue weighted by Crippen LogP contribution is -2.31. The van der Waals surface area contributed by atoms with Crippen LogP contribution >= 0.6 is 11.6 Å². The molecular weight excluding hydrogens is 448 g/mol. The zero-order valence-corrected chi connectivity index (χ0v) is 19.6. The van der Waals surface area contributed by atoms with E-state index in [1.807, 2.05) is 12.1 Å². The van der Waals surface area contributed by atoms with Crippen molar-refractivity contribution in [3.8, 4) is 0 Å². The van der Waals surface area contributed by atoms with E-state index in [1.165, 1.54) is 4.90 Å². The molecule has 2 aliphatic rings. The lowest BCUT2D eigenvalue weighted by molar-refractivity contribution is -0.140. The van der Waals surface area contributed by atoms with Gasteiger partial charge in [0.05, 0.1) is 23.3 Å². The van der Waals surface area contributed by atoms with Crippen LogP contribution in [0.15, 0.2) is 47.4 Å². The first kappa shape index (κ1) is 23.0. The van der Waals surface area contributed by atoms with Crippen molar-refractivity contribution in [3.63, 3.8) is 0 Å². The molecule has 8 heteroatoms.